The molecule has 4 nitrogen and oxygen atoms in total. The molecule has 2 heterocycles. The maximum absolute atomic E-state index is 11.0. The van der Waals surface area contributed by atoms with Gasteiger partial charge in [0.15, 0.2) is 0 Å². The van der Waals surface area contributed by atoms with Crippen LogP contribution in [-0.4, -0.2) is 31.8 Å². The highest BCUT2D eigenvalue weighted by Crippen LogP contribution is 2.22. The van der Waals surface area contributed by atoms with Gasteiger partial charge >= 0.3 is 6.09 Å². The van der Waals surface area contributed by atoms with Crippen LogP contribution in [0.15, 0.2) is 0 Å². The number of hydrogen-bond donors (Lipinski definition) is 2. The molecule has 1 unspecified atom stereocenters. The van der Waals surface area contributed by atoms with E-state index in [4.69, 9.17) is 4.74 Å². The van der Waals surface area contributed by atoms with Crippen molar-refractivity contribution >= 4 is 6.09 Å². The van der Waals surface area contributed by atoms with Crippen LogP contribution >= 0.6 is 0 Å². The second-order valence-electron chi connectivity index (χ2n) is 3.75. The molecule has 0 saturated carbocycles. The second kappa shape index (κ2) is 3.96. The van der Waals surface area contributed by atoms with Gasteiger partial charge in [0.2, 0.25) is 0 Å². The smallest absolute Gasteiger partial charge is 0.407 e. The topological polar surface area (TPSA) is 50.4 Å². The molecule has 2 N–H and O–H groups in total. The fraction of sp³-hybridized carbons (Fsp3) is 0.889. The van der Waals surface area contributed by atoms with E-state index < -0.39 is 0 Å². The molecular weight excluding hydrogens is 168 g/mol. The predicted molar refractivity (Wildman–Crippen MR) is 48.5 cm³/mol. The summed E-state index contributed by atoms with van der Waals surface area (Å²) in [5, 5.41) is 5.98. The number of cyclic esters (lactones) is 1. The Morgan fingerprint density at radius 3 is 2.62 bits per heavy atom. The Kier molecular flexibility index (Phi) is 2.68. The summed E-state index contributed by atoms with van der Waals surface area (Å²) in [5.41, 5.74) is 0. The lowest BCUT2D eigenvalue weighted by molar-refractivity contribution is 0.0291. The van der Waals surface area contributed by atoms with Crippen molar-refractivity contribution in [1.82, 2.24) is 10.6 Å². The number of rotatable bonds is 1. The summed E-state index contributed by atoms with van der Waals surface area (Å²) in [6.07, 6.45) is 3.16. The largest absolute Gasteiger partial charge is 0.446 e. The van der Waals surface area contributed by atoms with E-state index in [1.807, 2.05) is 0 Å². The van der Waals surface area contributed by atoms with Gasteiger partial charge in [-0.15, -0.1) is 0 Å². The molecule has 2 aliphatic rings. The summed E-state index contributed by atoms with van der Waals surface area (Å²) >= 11 is 0. The number of ether oxygens (including phenoxy) is 1. The normalized spacial score (nSPS) is 30.8. The zero-order valence-electron chi connectivity index (χ0n) is 7.71. The van der Waals surface area contributed by atoms with E-state index in [9.17, 15) is 4.79 Å². The Labute approximate surface area is 78.0 Å². The molecule has 2 saturated heterocycles. The quantitative estimate of drug-likeness (QED) is 0.623. The van der Waals surface area contributed by atoms with Gasteiger partial charge in [-0.2, -0.15) is 0 Å². The highest BCUT2D eigenvalue weighted by atomic mass is 16.6. The molecule has 1 atom stereocenters. The summed E-state index contributed by atoms with van der Waals surface area (Å²) in [5.74, 6) is 0.576. The van der Waals surface area contributed by atoms with E-state index in [-0.39, 0.29) is 12.2 Å². The molecule has 2 aliphatic heterocycles. The average molecular weight is 184 g/mol. The molecule has 13 heavy (non-hydrogen) atoms. The molecule has 0 aromatic rings. The van der Waals surface area contributed by atoms with Gasteiger partial charge in [-0.25, -0.2) is 4.79 Å². The van der Waals surface area contributed by atoms with E-state index in [1.54, 1.807) is 0 Å². The molecule has 0 aromatic carbocycles. The van der Waals surface area contributed by atoms with Gasteiger partial charge in [0.25, 0.3) is 0 Å². The van der Waals surface area contributed by atoms with Crippen LogP contribution in [0.3, 0.4) is 0 Å². The molecule has 2 fully saturated rings. The first kappa shape index (κ1) is 8.81. The van der Waals surface area contributed by atoms with Crippen LogP contribution in [0.5, 0.6) is 0 Å². The molecule has 1 amide bonds. The van der Waals surface area contributed by atoms with E-state index in [0.29, 0.717) is 5.92 Å². The first-order valence-electron chi connectivity index (χ1n) is 5.01. The summed E-state index contributed by atoms with van der Waals surface area (Å²) in [7, 11) is 0. The van der Waals surface area contributed by atoms with Gasteiger partial charge in [0, 0.05) is 13.0 Å². The van der Waals surface area contributed by atoms with E-state index in [0.717, 1.165) is 38.9 Å². The van der Waals surface area contributed by atoms with Crippen molar-refractivity contribution in [3.63, 3.8) is 0 Å². The second-order valence-corrected chi connectivity index (χ2v) is 3.75. The zero-order valence-corrected chi connectivity index (χ0v) is 7.71. The van der Waals surface area contributed by atoms with Crippen LogP contribution in [0, 0.1) is 5.92 Å². The van der Waals surface area contributed by atoms with Crippen molar-refractivity contribution in [2.75, 3.05) is 19.6 Å². The Morgan fingerprint density at radius 2 is 1.92 bits per heavy atom. The van der Waals surface area contributed by atoms with Gasteiger partial charge in [-0.3, -0.25) is 0 Å². The average Bonchev–Trinajstić information content (AvgIpc) is 2.19. The molecule has 0 aromatic heterocycles. The third-order valence-electron chi connectivity index (χ3n) is 2.87. The van der Waals surface area contributed by atoms with Crippen LogP contribution in [0.1, 0.15) is 19.3 Å². The van der Waals surface area contributed by atoms with Crippen LogP contribution in [0.4, 0.5) is 4.79 Å². The number of hydrogen-bond acceptors (Lipinski definition) is 3. The number of alkyl carbamates (subject to hydrolysis) is 1. The minimum atomic E-state index is -0.241. The zero-order chi connectivity index (χ0) is 9.10. The molecule has 0 spiro atoms. The Bertz CT molecular complexity index is 190. The molecular formula is C9H16N2O2. The number of piperidine rings is 1. The lowest BCUT2D eigenvalue weighted by Gasteiger charge is -2.32. The molecule has 4 heteroatoms. The van der Waals surface area contributed by atoms with Crippen LogP contribution < -0.4 is 10.6 Å². The maximum Gasteiger partial charge on any atom is 0.407 e. The van der Waals surface area contributed by atoms with E-state index >= 15 is 0 Å². The summed E-state index contributed by atoms with van der Waals surface area (Å²) < 4.78 is 5.25. The lowest BCUT2D eigenvalue weighted by Crippen LogP contribution is -2.44. The van der Waals surface area contributed by atoms with Crippen LogP contribution in [-0.2, 0) is 4.74 Å². The van der Waals surface area contributed by atoms with E-state index in [1.165, 1.54) is 0 Å². The SMILES string of the molecule is O=C1NCCC(C2CCNCC2)O1. The number of carbonyl (C=O) groups excluding carboxylic acids is 1. The summed E-state index contributed by atoms with van der Waals surface area (Å²) in [4.78, 5) is 11.0. The highest BCUT2D eigenvalue weighted by Gasteiger charge is 2.29. The Hall–Kier alpha value is -0.770. The third kappa shape index (κ3) is 2.12. The van der Waals surface area contributed by atoms with Crippen molar-refractivity contribution in [1.29, 1.82) is 0 Å². The van der Waals surface area contributed by atoms with Gasteiger partial charge < -0.3 is 15.4 Å². The van der Waals surface area contributed by atoms with Gasteiger partial charge in [0.05, 0.1) is 0 Å². The molecule has 0 aliphatic carbocycles. The van der Waals surface area contributed by atoms with Crippen molar-refractivity contribution < 1.29 is 9.53 Å². The maximum atomic E-state index is 11.0. The van der Waals surface area contributed by atoms with Crippen molar-refractivity contribution in [3.8, 4) is 0 Å². The fourth-order valence-electron chi connectivity index (χ4n) is 2.10. The van der Waals surface area contributed by atoms with Crippen molar-refractivity contribution in [2.45, 2.75) is 25.4 Å². The highest BCUT2D eigenvalue weighted by molar-refractivity contribution is 5.68. The first-order valence-corrected chi connectivity index (χ1v) is 5.01. The first-order chi connectivity index (χ1) is 6.36. The molecule has 0 radical (unpaired) electrons. The minimum absolute atomic E-state index is 0.163. The monoisotopic (exact) mass is 184 g/mol. The van der Waals surface area contributed by atoms with Crippen molar-refractivity contribution in [2.24, 2.45) is 5.92 Å². The number of nitrogens with one attached hydrogen (secondary N) is 2. The molecule has 2 rings (SSSR count). The standard InChI is InChI=1S/C9H16N2O2/c12-9-11-6-3-8(13-9)7-1-4-10-5-2-7/h7-8,10H,1-6H2,(H,11,12). The minimum Gasteiger partial charge on any atom is -0.446 e. The summed E-state index contributed by atoms with van der Waals surface area (Å²) in [6, 6.07) is 0. The molecule has 0 bridgehead atoms. The Balaban J connectivity index is 1.87. The number of carbonyl (C=O) groups is 1. The molecule has 74 valence electrons. The van der Waals surface area contributed by atoms with Crippen LogP contribution in [0.25, 0.3) is 0 Å². The van der Waals surface area contributed by atoms with Gasteiger partial charge in [-0.05, 0) is 31.8 Å². The van der Waals surface area contributed by atoms with E-state index in [2.05, 4.69) is 10.6 Å². The van der Waals surface area contributed by atoms with Crippen LogP contribution in [0.2, 0.25) is 0 Å². The third-order valence-corrected chi connectivity index (χ3v) is 2.87. The van der Waals surface area contributed by atoms with Crippen molar-refractivity contribution in [3.05, 3.63) is 0 Å². The summed E-state index contributed by atoms with van der Waals surface area (Å²) in [6.45, 7) is 2.89. The van der Waals surface area contributed by atoms with Gasteiger partial charge in [-0.1, -0.05) is 0 Å². The number of amides is 1. The lowest BCUT2D eigenvalue weighted by atomic mass is 9.90. The Morgan fingerprint density at radius 1 is 1.15 bits per heavy atom. The fourth-order valence-corrected chi connectivity index (χ4v) is 2.10. The predicted octanol–water partition coefficient (Wildman–Crippen LogP) is 0.484. The van der Waals surface area contributed by atoms with Gasteiger partial charge in [0.1, 0.15) is 6.10 Å².